The van der Waals surface area contributed by atoms with E-state index in [1.165, 1.54) is 55.1 Å². The summed E-state index contributed by atoms with van der Waals surface area (Å²) in [6.07, 6.45) is 3.43. The molecule has 34 heavy (non-hydrogen) atoms. The fraction of sp³-hybridized carbons (Fsp3) is 0.318. The van der Waals surface area contributed by atoms with E-state index in [0.29, 0.717) is 24.5 Å². The number of anilines is 1. The molecule has 2 N–H and O–H groups in total. The Labute approximate surface area is 195 Å². The van der Waals surface area contributed by atoms with Gasteiger partial charge in [-0.05, 0) is 49.2 Å². The second-order valence-electron chi connectivity index (χ2n) is 8.00. The van der Waals surface area contributed by atoms with E-state index < -0.39 is 27.2 Å². The number of carbonyl (C=O) groups excluding carboxylic acids is 1. The Kier molecular flexibility index (Phi) is 6.33. The number of hydrogen-bond acceptors (Lipinski definition) is 7. The topological polar surface area (TPSA) is 145 Å². The van der Waals surface area contributed by atoms with Gasteiger partial charge in [-0.2, -0.15) is 0 Å². The molecular weight excluding hydrogens is 460 g/mol. The van der Waals surface area contributed by atoms with Crippen LogP contribution < -0.4 is 21.3 Å². The van der Waals surface area contributed by atoms with Crippen LogP contribution in [0, 0.1) is 0 Å². The van der Waals surface area contributed by atoms with Crippen LogP contribution in [0.3, 0.4) is 0 Å². The van der Waals surface area contributed by atoms with Crippen LogP contribution in [0.4, 0.5) is 5.69 Å². The molecule has 12 heteroatoms. The molecule has 0 fully saturated rings. The highest BCUT2D eigenvalue weighted by molar-refractivity contribution is 7.90. The second kappa shape index (κ2) is 9.21. The SMILES string of the molecule is Cn1c(=O)c2ccc(C(=O)Nc3ccc(S(=O)(=O)NC4=NCCCCC4)cc3)nc2n(C)c1=O. The molecule has 0 unspecified atom stereocenters. The van der Waals surface area contributed by atoms with Crippen molar-refractivity contribution in [3.05, 3.63) is 62.9 Å². The van der Waals surface area contributed by atoms with Crippen molar-refractivity contribution in [3.63, 3.8) is 0 Å². The summed E-state index contributed by atoms with van der Waals surface area (Å²) in [5, 5.41) is 2.85. The number of rotatable bonds is 4. The molecule has 1 amide bonds. The van der Waals surface area contributed by atoms with Gasteiger partial charge in [-0.15, -0.1) is 0 Å². The first-order valence-electron chi connectivity index (χ1n) is 10.7. The lowest BCUT2D eigenvalue weighted by Crippen LogP contribution is -2.37. The highest BCUT2D eigenvalue weighted by Crippen LogP contribution is 2.16. The zero-order chi connectivity index (χ0) is 24.5. The Bertz CT molecular complexity index is 1520. The number of carbonyl (C=O) groups is 1. The van der Waals surface area contributed by atoms with Gasteiger partial charge in [-0.25, -0.2) is 18.2 Å². The number of aromatic nitrogens is 3. The van der Waals surface area contributed by atoms with E-state index >= 15 is 0 Å². The van der Waals surface area contributed by atoms with Crippen molar-refractivity contribution in [3.8, 4) is 0 Å². The molecule has 2 aromatic heterocycles. The summed E-state index contributed by atoms with van der Waals surface area (Å²) in [5.41, 5.74) is -0.605. The lowest BCUT2D eigenvalue weighted by atomic mass is 10.2. The average Bonchev–Trinajstić information content (AvgIpc) is 3.09. The van der Waals surface area contributed by atoms with Gasteiger partial charge in [0.05, 0.1) is 10.3 Å². The Morgan fingerprint density at radius 2 is 1.71 bits per heavy atom. The Morgan fingerprint density at radius 3 is 2.44 bits per heavy atom. The van der Waals surface area contributed by atoms with Crippen LogP contribution in [0.15, 0.2) is 55.9 Å². The molecule has 11 nitrogen and oxygen atoms in total. The molecule has 0 aliphatic carbocycles. The molecule has 0 radical (unpaired) electrons. The summed E-state index contributed by atoms with van der Waals surface area (Å²) >= 11 is 0. The number of nitrogens with one attached hydrogen (secondary N) is 2. The average molecular weight is 485 g/mol. The number of benzene rings is 1. The number of fused-ring (bicyclic) bond motifs is 1. The quantitative estimate of drug-likeness (QED) is 0.568. The number of aryl methyl sites for hydroxylation is 1. The minimum atomic E-state index is -3.78. The van der Waals surface area contributed by atoms with Crippen molar-refractivity contribution in [1.82, 2.24) is 18.8 Å². The van der Waals surface area contributed by atoms with E-state index in [9.17, 15) is 22.8 Å². The third kappa shape index (κ3) is 4.62. The minimum absolute atomic E-state index is 0.000456. The fourth-order valence-corrected chi connectivity index (χ4v) is 4.75. The molecule has 3 aromatic rings. The molecule has 0 bridgehead atoms. The van der Waals surface area contributed by atoms with Gasteiger partial charge in [0.1, 0.15) is 17.2 Å². The van der Waals surface area contributed by atoms with Crippen LogP contribution in [0.5, 0.6) is 0 Å². The van der Waals surface area contributed by atoms with Crippen LogP contribution in [0.1, 0.15) is 36.2 Å². The normalized spacial score (nSPS) is 14.4. The standard InChI is InChI=1S/C22H24N6O5S/c1-27-19-16(21(30)28(2)22(27)31)11-12-17(25-19)20(29)24-14-7-9-15(10-8-14)34(32,33)26-18-6-4-3-5-13-23-18/h7-12H,3-6,13H2,1-2H3,(H,23,26)(H,24,29). The summed E-state index contributed by atoms with van der Waals surface area (Å²) in [6.45, 7) is 0.606. The van der Waals surface area contributed by atoms with Crippen molar-refractivity contribution < 1.29 is 13.2 Å². The number of pyridine rings is 1. The zero-order valence-corrected chi connectivity index (χ0v) is 19.6. The number of sulfonamides is 1. The molecule has 0 atom stereocenters. The fourth-order valence-electron chi connectivity index (χ4n) is 3.66. The van der Waals surface area contributed by atoms with Gasteiger partial charge in [0.2, 0.25) is 0 Å². The molecule has 178 valence electrons. The van der Waals surface area contributed by atoms with E-state index in [-0.39, 0.29) is 21.6 Å². The molecule has 0 spiro atoms. The van der Waals surface area contributed by atoms with Gasteiger partial charge in [0.15, 0.2) is 0 Å². The lowest BCUT2D eigenvalue weighted by molar-refractivity contribution is 0.102. The van der Waals surface area contributed by atoms with Crippen molar-refractivity contribution in [1.29, 1.82) is 0 Å². The van der Waals surface area contributed by atoms with E-state index in [1.807, 2.05) is 0 Å². The van der Waals surface area contributed by atoms with Crippen LogP contribution >= 0.6 is 0 Å². The number of amides is 1. The van der Waals surface area contributed by atoms with Gasteiger partial charge < -0.3 is 5.32 Å². The third-order valence-electron chi connectivity index (χ3n) is 5.58. The Balaban J connectivity index is 1.53. The number of amidine groups is 1. The predicted octanol–water partition coefficient (Wildman–Crippen LogP) is 1.14. The second-order valence-corrected chi connectivity index (χ2v) is 9.68. The highest BCUT2D eigenvalue weighted by atomic mass is 32.2. The van der Waals surface area contributed by atoms with Crippen LogP contribution in [0.25, 0.3) is 11.0 Å². The summed E-state index contributed by atoms with van der Waals surface area (Å²) in [5.74, 6) is -0.113. The van der Waals surface area contributed by atoms with Gasteiger partial charge in [-0.1, -0.05) is 6.42 Å². The molecule has 0 saturated heterocycles. The molecule has 1 aliphatic heterocycles. The van der Waals surface area contributed by atoms with Crippen LogP contribution in [-0.4, -0.2) is 40.8 Å². The molecule has 0 saturated carbocycles. The molecule has 1 aliphatic rings. The first-order valence-corrected chi connectivity index (χ1v) is 12.2. The third-order valence-corrected chi connectivity index (χ3v) is 6.98. The monoisotopic (exact) mass is 484 g/mol. The van der Waals surface area contributed by atoms with Crippen molar-refractivity contribution in [2.75, 3.05) is 11.9 Å². The van der Waals surface area contributed by atoms with Gasteiger partial charge in [0.25, 0.3) is 21.5 Å². The van der Waals surface area contributed by atoms with Crippen LogP contribution in [0.2, 0.25) is 0 Å². The van der Waals surface area contributed by atoms with Crippen molar-refractivity contribution in [2.45, 2.75) is 30.6 Å². The number of hydrogen-bond donors (Lipinski definition) is 2. The smallest absolute Gasteiger partial charge is 0.321 e. The maximum Gasteiger partial charge on any atom is 0.332 e. The summed E-state index contributed by atoms with van der Waals surface area (Å²) in [7, 11) is -0.950. The minimum Gasteiger partial charge on any atom is -0.321 e. The molecule has 1 aromatic carbocycles. The zero-order valence-electron chi connectivity index (χ0n) is 18.7. The summed E-state index contributed by atoms with van der Waals surface area (Å²) in [4.78, 5) is 45.6. The largest absolute Gasteiger partial charge is 0.332 e. The lowest BCUT2D eigenvalue weighted by Gasteiger charge is -2.11. The van der Waals surface area contributed by atoms with E-state index in [2.05, 4.69) is 20.0 Å². The highest BCUT2D eigenvalue weighted by Gasteiger charge is 2.18. The van der Waals surface area contributed by atoms with Crippen LogP contribution in [-0.2, 0) is 24.1 Å². The Morgan fingerprint density at radius 1 is 0.971 bits per heavy atom. The van der Waals surface area contributed by atoms with E-state index in [1.54, 1.807) is 0 Å². The van der Waals surface area contributed by atoms with Crippen molar-refractivity contribution in [2.24, 2.45) is 19.1 Å². The van der Waals surface area contributed by atoms with Crippen molar-refractivity contribution >= 4 is 38.5 Å². The predicted molar refractivity (Wildman–Crippen MR) is 128 cm³/mol. The van der Waals surface area contributed by atoms with Gasteiger partial charge >= 0.3 is 5.69 Å². The molecule has 4 rings (SSSR count). The maximum absolute atomic E-state index is 12.7. The first kappa shape index (κ1) is 23.4. The first-order chi connectivity index (χ1) is 16.2. The molecule has 3 heterocycles. The van der Waals surface area contributed by atoms with E-state index in [0.717, 1.165) is 23.8 Å². The summed E-state index contributed by atoms with van der Waals surface area (Å²) < 4.78 is 30.0. The van der Waals surface area contributed by atoms with E-state index in [4.69, 9.17) is 0 Å². The number of nitrogens with zero attached hydrogens (tertiary/aromatic N) is 4. The maximum atomic E-state index is 12.7. The number of aliphatic imine (C=N–C) groups is 1. The Hall–Kier alpha value is -3.80. The summed E-state index contributed by atoms with van der Waals surface area (Å²) in [6, 6.07) is 8.53. The van der Waals surface area contributed by atoms with Gasteiger partial charge in [0, 0.05) is 32.7 Å². The van der Waals surface area contributed by atoms with Gasteiger partial charge in [-0.3, -0.25) is 28.4 Å². The molecular formula is C22H24N6O5S.